The van der Waals surface area contributed by atoms with Crippen LogP contribution in [0.3, 0.4) is 0 Å². The smallest absolute Gasteiger partial charge is 0.379 e. The van der Waals surface area contributed by atoms with Gasteiger partial charge in [-0.05, 0) is 30.2 Å². The molecule has 3 rings (SSSR count). The summed E-state index contributed by atoms with van der Waals surface area (Å²) < 4.78 is 45.0. The molecule has 0 aromatic heterocycles. The Morgan fingerprint density at radius 2 is 1.92 bits per heavy atom. The highest BCUT2D eigenvalue weighted by molar-refractivity contribution is 5.42. The number of rotatable bonds is 5. The van der Waals surface area contributed by atoms with E-state index in [0.29, 0.717) is 18.7 Å². The van der Waals surface area contributed by atoms with Crippen LogP contribution in [0.2, 0.25) is 0 Å². The largest absolute Gasteiger partial charge is 0.416 e. The lowest BCUT2D eigenvalue weighted by Crippen LogP contribution is -2.38. The van der Waals surface area contributed by atoms with Crippen LogP contribution in [0.4, 0.5) is 13.2 Å². The highest BCUT2D eigenvalue weighted by atomic mass is 19.4. The van der Waals surface area contributed by atoms with E-state index >= 15 is 0 Å². The Kier molecular flexibility index (Phi) is 5.44. The van der Waals surface area contributed by atoms with Gasteiger partial charge in [-0.3, -0.25) is 9.80 Å². The Labute approximate surface area is 140 Å². The molecule has 7 heteroatoms. The summed E-state index contributed by atoms with van der Waals surface area (Å²) in [6.07, 6.45) is -3.39. The third kappa shape index (κ3) is 3.74. The van der Waals surface area contributed by atoms with Gasteiger partial charge in [0.05, 0.1) is 18.8 Å². The van der Waals surface area contributed by atoms with Gasteiger partial charge in [0.25, 0.3) is 0 Å². The maximum Gasteiger partial charge on any atom is 0.416 e. The number of alkyl halides is 3. The molecule has 0 spiro atoms. The third-order valence-electron chi connectivity index (χ3n) is 4.93. The van der Waals surface area contributed by atoms with E-state index in [9.17, 15) is 13.2 Å². The molecule has 0 radical (unpaired) electrons. The molecule has 2 aliphatic heterocycles. The van der Waals surface area contributed by atoms with E-state index in [1.165, 1.54) is 12.1 Å². The molecule has 0 bridgehead atoms. The lowest BCUT2D eigenvalue weighted by molar-refractivity contribution is -0.138. The number of morpholine rings is 1. The summed E-state index contributed by atoms with van der Waals surface area (Å²) in [5.41, 5.74) is 6.47. The fourth-order valence-electron chi connectivity index (χ4n) is 3.70. The molecular weight excluding hydrogens is 319 g/mol. The normalized spacial score (nSPS) is 22.8. The van der Waals surface area contributed by atoms with Crippen LogP contribution in [0.5, 0.6) is 0 Å². The molecule has 0 amide bonds. The second kappa shape index (κ2) is 7.39. The van der Waals surface area contributed by atoms with Gasteiger partial charge in [0.2, 0.25) is 0 Å². The highest BCUT2D eigenvalue weighted by Gasteiger charge is 2.39. The highest BCUT2D eigenvalue weighted by Crippen LogP contribution is 2.41. The summed E-state index contributed by atoms with van der Waals surface area (Å²) in [5.74, 6) is 0. The van der Waals surface area contributed by atoms with Gasteiger partial charge >= 0.3 is 6.18 Å². The Hall–Kier alpha value is -1.15. The predicted octanol–water partition coefficient (Wildman–Crippen LogP) is 2.24. The van der Waals surface area contributed by atoms with Gasteiger partial charge in [0.1, 0.15) is 0 Å². The van der Waals surface area contributed by atoms with Gasteiger partial charge < -0.3 is 10.5 Å². The van der Waals surface area contributed by atoms with E-state index in [2.05, 4.69) is 9.80 Å². The summed E-state index contributed by atoms with van der Waals surface area (Å²) in [5, 5.41) is 0. The van der Waals surface area contributed by atoms with Crippen LogP contribution < -0.4 is 5.73 Å². The van der Waals surface area contributed by atoms with Crippen molar-refractivity contribution >= 4 is 0 Å². The fourth-order valence-corrected chi connectivity index (χ4v) is 3.70. The van der Waals surface area contributed by atoms with Crippen molar-refractivity contribution in [2.75, 3.05) is 45.9 Å². The first-order valence-corrected chi connectivity index (χ1v) is 8.44. The van der Waals surface area contributed by atoms with Crippen molar-refractivity contribution in [3.63, 3.8) is 0 Å². The number of nitrogens with two attached hydrogens (primary N) is 1. The van der Waals surface area contributed by atoms with Crippen molar-refractivity contribution in [2.45, 2.75) is 25.2 Å². The monoisotopic (exact) mass is 343 g/mol. The van der Waals surface area contributed by atoms with Crippen LogP contribution in [-0.2, 0) is 17.5 Å². The van der Waals surface area contributed by atoms with Crippen molar-refractivity contribution in [2.24, 2.45) is 5.73 Å². The second-order valence-electron chi connectivity index (χ2n) is 6.40. The molecular formula is C17H24F3N3O. The first-order chi connectivity index (χ1) is 11.5. The van der Waals surface area contributed by atoms with E-state index in [1.807, 2.05) is 0 Å². The topological polar surface area (TPSA) is 41.7 Å². The predicted molar refractivity (Wildman–Crippen MR) is 85.5 cm³/mol. The molecule has 4 nitrogen and oxygen atoms in total. The molecule has 2 aliphatic rings. The van der Waals surface area contributed by atoms with Crippen LogP contribution in [0.15, 0.2) is 18.2 Å². The molecule has 1 saturated heterocycles. The number of halogens is 3. The van der Waals surface area contributed by atoms with Gasteiger partial charge in [-0.2, -0.15) is 13.2 Å². The molecule has 1 unspecified atom stereocenters. The van der Waals surface area contributed by atoms with E-state index in [0.717, 1.165) is 51.4 Å². The lowest BCUT2D eigenvalue weighted by atomic mass is 9.99. The maximum absolute atomic E-state index is 13.2. The van der Waals surface area contributed by atoms with E-state index < -0.39 is 11.7 Å². The summed E-state index contributed by atoms with van der Waals surface area (Å²) in [4.78, 5) is 4.42. The van der Waals surface area contributed by atoms with Gasteiger partial charge in [-0.15, -0.1) is 0 Å². The standard InChI is InChI=1S/C17H24F3N3O/c18-17(19,20)15-4-1-3-13-14(15)12-23(16(13)11-21)6-2-5-22-7-9-24-10-8-22/h1,3-4,16H,2,5-12,21H2. The second-order valence-corrected chi connectivity index (χ2v) is 6.40. The Morgan fingerprint density at radius 3 is 2.58 bits per heavy atom. The average molecular weight is 343 g/mol. The quantitative estimate of drug-likeness (QED) is 0.890. The minimum atomic E-state index is -4.31. The summed E-state index contributed by atoms with van der Waals surface area (Å²) in [7, 11) is 0. The van der Waals surface area contributed by atoms with Gasteiger partial charge in [-0.25, -0.2) is 0 Å². The van der Waals surface area contributed by atoms with Crippen molar-refractivity contribution in [3.8, 4) is 0 Å². The lowest BCUT2D eigenvalue weighted by Gasteiger charge is -2.28. The Bertz CT molecular complexity index is 559. The molecule has 2 heterocycles. The van der Waals surface area contributed by atoms with Gasteiger partial charge in [0.15, 0.2) is 0 Å². The molecule has 1 fully saturated rings. The molecule has 1 aromatic carbocycles. The first-order valence-electron chi connectivity index (χ1n) is 8.44. The van der Waals surface area contributed by atoms with Crippen molar-refractivity contribution < 1.29 is 17.9 Å². The number of hydrogen-bond donors (Lipinski definition) is 1. The minimum Gasteiger partial charge on any atom is -0.379 e. The van der Waals surface area contributed by atoms with E-state index in [1.54, 1.807) is 6.07 Å². The van der Waals surface area contributed by atoms with Crippen molar-refractivity contribution in [1.82, 2.24) is 9.80 Å². The third-order valence-corrected chi connectivity index (χ3v) is 4.93. The van der Waals surface area contributed by atoms with E-state index in [4.69, 9.17) is 10.5 Å². The average Bonchev–Trinajstić information content (AvgIpc) is 2.92. The number of fused-ring (bicyclic) bond motifs is 1. The molecule has 24 heavy (non-hydrogen) atoms. The van der Waals surface area contributed by atoms with Crippen molar-refractivity contribution in [3.05, 3.63) is 34.9 Å². The Balaban J connectivity index is 1.65. The van der Waals surface area contributed by atoms with Crippen LogP contribution >= 0.6 is 0 Å². The molecule has 1 aromatic rings. The summed E-state index contributed by atoms with van der Waals surface area (Å²) in [6, 6.07) is 4.32. The fraction of sp³-hybridized carbons (Fsp3) is 0.647. The summed E-state index contributed by atoms with van der Waals surface area (Å²) >= 11 is 0. The molecule has 134 valence electrons. The first kappa shape index (κ1) is 17.7. The number of benzene rings is 1. The number of hydrogen-bond acceptors (Lipinski definition) is 4. The summed E-state index contributed by atoms with van der Waals surface area (Å²) in [6.45, 7) is 5.75. The zero-order valence-corrected chi connectivity index (χ0v) is 13.7. The van der Waals surface area contributed by atoms with Crippen LogP contribution in [0.1, 0.15) is 29.2 Å². The minimum absolute atomic E-state index is 0.119. The molecule has 2 N–H and O–H groups in total. The van der Waals surface area contributed by atoms with E-state index in [-0.39, 0.29) is 6.04 Å². The number of nitrogens with zero attached hydrogens (tertiary/aromatic N) is 2. The SMILES string of the molecule is NCC1c2cccc(C(F)(F)F)c2CN1CCCN1CCOCC1. The van der Waals surface area contributed by atoms with Gasteiger partial charge in [0, 0.05) is 38.8 Å². The van der Waals surface area contributed by atoms with Crippen LogP contribution in [0, 0.1) is 0 Å². The number of ether oxygens (including phenoxy) is 1. The zero-order chi connectivity index (χ0) is 17.2. The zero-order valence-electron chi connectivity index (χ0n) is 13.7. The molecule has 0 saturated carbocycles. The van der Waals surface area contributed by atoms with Crippen LogP contribution in [-0.4, -0.2) is 55.7 Å². The van der Waals surface area contributed by atoms with Crippen LogP contribution in [0.25, 0.3) is 0 Å². The molecule has 0 aliphatic carbocycles. The van der Waals surface area contributed by atoms with Gasteiger partial charge in [-0.1, -0.05) is 12.1 Å². The Morgan fingerprint density at radius 1 is 1.17 bits per heavy atom. The maximum atomic E-state index is 13.2. The molecule has 1 atom stereocenters. The van der Waals surface area contributed by atoms with Crippen molar-refractivity contribution in [1.29, 1.82) is 0 Å².